The molecule has 0 unspecified atom stereocenters. The van der Waals surface area contributed by atoms with E-state index in [1.807, 2.05) is 31.4 Å². The maximum absolute atomic E-state index is 12.7. The highest BCUT2D eigenvalue weighted by Gasteiger charge is 2.33. The van der Waals surface area contributed by atoms with Crippen molar-refractivity contribution in [2.75, 3.05) is 13.7 Å². The number of ketones is 1. The largest absolute Gasteiger partial charge is 0.454 e. The third-order valence-corrected chi connectivity index (χ3v) is 6.63. The number of thiophene rings is 1. The molecule has 1 aromatic carbocycles. The van der Waals surface area contributed by atoms with Gasteiger partial charge < -0.3 is 9.30 Å². The lowest BCUT2D eigenvalue weighted by Gasteiger charge is -2.09. The predicted molar refractivity (Wildman–Crippen MR) is 119 cm³/mol. The Morgan fingerprint density at radius 2 is 1.78 bits per heavy atom. The fourth-order valence-electron chi connectivity index (χ4n) is 3.88. The Kier molecular flexibility index (Phi) is 5.80. The molecule has 0 N–H and O–H groups in total. The van der Waals surface area contributed by atoms with Crippen LogP contribution in [0.5, 0.6) is 0 Å². The summed E-state index contributed by atoms with van der Waals surface area (Å²) in [6.07, 6.45) is 0.880. The predicted octanol–water partition coefficient (Wildman–Crippen LogP) is 3.67. The number of carbonyl (C=O) groups excluding carboxylic acids is 4. The van der Waals surface area contributed by atoms with Gasteiger partial charge in [-0.25, -0.2) is 4.79 Å². The second kappa shape index (κ2) is 8.55. The van der Waals surface area contributed by atoms with Crippen molar-refractivity contribution in [2.45, 2.75) is 26.8 Å². The fourth-order valence-corrected chi connectivity index (χ4v) is 4.58. The molecule has 0 aliphatic carbocycles. The molecule has 4 rings (SSSR count). The molecule has 0 radical (unpaired) electrons. The Morgan fingerprint density at radius 3 is 2.50 bits per heavy atom. The third kappa shape index (κ3) is 3.89. The molecule has 3 aromatic rings. The number of amides is 2. The minimum absolute atomic E-state index is 0.120. The summed E-state index contributed by atoms with van der Waals surface area (Å²) < 4.78 is 7.30. The zero-order valence-electron chi connectivity index (χ0n) is 18.0. The van der Waals surface area contributed by atoms with Crippen molar-refractivity contribution >= 4 is 34.9 Å². The lowest BCUT2D eigenvalue weighted by Crippen LogP contribution is -2.24. The number of carbonyl (C=O) groups is 4. The molecule has 8 heteroatoms. The second-order valence-corrected chi connectivity index (χ2v) is 8.73. The van der Waals surface area contributed by atoms with E-state index in [1.165, 1.54) is 30.1 Å². The van der Waals surface area contributed by atoms with Gasteiger partial charge in [-0.2, -0.15) is 0 Å². The van der Waals surface area contributed by atoms with Crippen LogP contribution in [-0.2, 0) is 17.7 Å². The van der Waals surface area contributed by atoms with Gasteiger partial charge in [0.2, 0.25) is 5.78 Å². The van der Waals surface area contributed by atoms with Gasteiger partial charge in [-0.3, -0.25) is 19.3 Å². The molecular formula is C24H22N2O5S. The van der Waals surface area contributed by atoms with Gasteiger partial charge in [-0.15, -0.1) is 11.3 Å². The molecule has 0 bridgehead atoms. The van der Waals surface area contributed by atoms with E-state index >= 15 is 0 Å². The Hall–Kier alpha value is -3.52. The number of rotatable bonds is 7. The highest BCUT2D eigenvalue weighted by Crippen LogP contribution is 2.23. The molecule has 0 saturated carbocycles. The summed E-state index contributed by atoms with van der Waals surface area (Å²) in [4.78, 5) is 51.6. The molecule has 0 atom stereocenters. The average Bonchev–Trinajstić information content (AvgIpc) is 3.46. The molecule has 32 heavy (non-hydrogen) atoms. The normalized spacial score (nSPS) is 12.9. The molecule has 0 fully saturated rings. The van der Waals surface area contributed by atoms with E-state index < -0.39 is 24.4 Å². The van der Waals surface area contributed by atoms with E-state index in [0.29, 0.717) is 5.56 Å². The lowest BCUT2D eigenvalue weighted by atomic mass is 10.1. The van der Waals surface area contributed by atoms with E-state index in [9.17, 15) is 19.2 Å². The highest BCUT2D eigenvalue weighted by atomic mass is 32.1. The van der Waals surface area contributed by atoms with E-state index in [1.54, 1.807) is 11.3 Å². The van der Waals surface area contributed by atoms with Gasteiger partial charge in [-0.05, 0) is 56.0 Å². The Balaban J connectivity index is 1.42. The minimum Gasteiger partial charge on any atom is -0.454 e. The maximum atomic E-state index is 12.7. The molecule has 7 nitrogen and oxygen atoms in total. The van der Waals surface area contributed by atoms with Crippen LogP contribution < -0.4 is 0 Å². The first kappa shape index (κ1) is 21.7. The molecule has 1 aliphatic heterocycles. The van der Waals surface area contributed by atoms with Crippen LogP contribution in [0.4, 0.5) is 0 Å². The van der Waals surface area contributed by atoms with Gasteiger partial charge in [-0.1, -0.05) is 6.07 Å². The summed E-state index contributed by atoms with van der Waals surface area (Å²) in [5, 5.41) is 2.04. The third-order valence-electron chi connectivity index (χ3n) is 5.70. The van der Waals surface area contributed by atoms with E-state index in [4.69, 9.17) is 4.74 Å². The van der Waals surface area contributed by atoms with Crippen LogP contribution in [0, 0.1) is 13.8 Å². The number of hydrogen-bond acceptors (Lipinski definition) is 6. The van der Waals surface area contributed by atoms with Gasteiger partial charge in [0.15, 0.2) is 6.61 Å². The summed E-state index contributed by atoms with van der Waals surface area (Å²) in [7, 11) is 1.39. The first-order chi connectivity index (χ1) is 15.3. The molecule has 3 heterocycles. The monoisotopic (exact) mass is 450 g/mol. The standard InChI is InChI=1S/C24H22N2O5S/c1-14-11-19(15(2)26(14)9-8-17-5-4-10-32-17)21(27)13-31-24(30)16-6-7-18-20(12-16)23(29)25(3)22(18)28/h4-7,10-12H,8-9,13H2,1-3H3. The topological polar surface area (TPSA) is 85.7 Å². The van der Waals surface area contributed by atoms with Gasteiger partial charge in [0.1, 0.15) is 0 Å². The summed E-state index contributed by atoms with van der Waals surface area (Å²) in [5.41, 5.74) is 2.87. The summed E-state index contributed by atoms with van der Waals surface area (Å²) >= 11 is 1.70. The van der Waals surface area contributed by atoms with Crippen LogP contribution in [0.15, 0.2) is 41.8 Å². The number of benzene rings is 1. The smallest absolute Gasteiger partial charge is 0.338 e. The molecule has 2 amide bonds. The first-order valence-corrected chi connectivity index (χ1v) is 11.0. The number of hydrogen-bond donors (Lipinski definition) is 0. The molecule has 1 aliphatic rings. The molecule has 0 spiro atoms. The van der Waals surface area contributed by atoms with Crippen LogP contribution in [0.1, 0.15) is 57.7 Å². The van der Waals surface area contributed by atoms with Crippen LogP contribution in [0.3, 0.4) is 0 Å². The maximum Gasteiger partial charge on any atom is 0.338 e. The van der Waals surface area contributed by atoms with Crippen LogP contribution in [0.2, 0.25) is 0 Å². The summed E-state index contributed by atoms with van der Waals surface area (Å²) in [5.74, 6) is -1.89. The number of esters is 1. The zero-order chi connectivity index (χ0) is 23.0. The first-order valence-electron chi connectivity index (χ1n) is 10.1. The number of fused-ring (bicyclic) bond motifs is 1. The van der Waals surface area contributed by atoms with Gasteiger partial charge in [0, 0.05) is 35.4 Å². The molecular weight excluding hydrogens is 428 g/mol. The second-order valence-electron chi connectivity index (χ2n) is 7.69. The molecule has 164 valence electrons. The van der Waals surface area contributed by atoms with Gasteiger partial charge in [0.05, 0.1) is 16.7 Å². The summed E-state index contributed by atoms with van der Waals surface area (Å²) in [6.45, 7) is 4.19. The zero-order valence-corrected chi connectivity index (χ0v) is 18.8. The van der Waals surface area contributed by atoms with Crippen molar-refractivity contribution in [1.82, 2.24) is 9.47 Å². The van der Waals surface area contributed by atoms with Crippen molar-refractivity contribution in [2.24, 2.45) is 0 Å². The fraction of sp³-hybridized carbons (Fsp3) is 0.250. The Morgan fingerprint density at radius 1 is 1.03 bits per heavy atom. The van der Waals surface area contributed by atoms with Crippen molar-refractivity contribution in [1.29, 1.82) is 0 Å². The Labute approximate surface area is 189 Å². The van der Waals surface area contributed by atoms with Crippen LogP contribution in [0.25, 0.3) is 0 Å². The van der Waals surface area contributed by atoms with Crippen LogP contribution in [-0.4, -0.2) is 46.7 Å². The number of ether oxygens (including phenoxy) is 1. The van der Waals surface area contributed by atoms with Crippen molar-refractivity contribution in [3.05, 3.63) is 80.3 Å². The number of aryl methyl sites for hydroxylation is 2. The minimum atomic E-state index is -0.720. The average molecular weight is 451 g/mol. The van der Waals surface area contributed by atoms with E-state index in [0.717, 1.165) is 29.3 Å². The molecule has 0 saturated heterocycles. The molecule has 2 aromatic heterocycles. The quantitative estimate of drug-likeness (QED) is 0.311. The van der Waals surface area contributed by atoms with E-state index in [-0.39, 0.29) is 22.5 Å². The van der Waals surface area contributed by atoms with Crippen molar-refractivity contribution in [3.8, 4) is 0 Å². The lowest BCUT2D eigenvalue weighted by molar-refractivity contribution is 0.0474. The van der Waals surface area contributed by atoms with Crippen molar-refractivity contribution < 1.29 is 23.9 Å². The van der Waals surface area contributed by atoms with Crippen molar-refractivity contribution in [3.63, 3.8) is 0 Å². The van der Waals surface area contributed by atoms with Gasteiger partial charge >= 0.3 is 5.97 Å². The number of aromatic nitrogens is 1. The summed E-state index contributed by atoms with van der Waals surface area (Å²) in [6, 6.07) is 10.1. The van der Waals surface area contributed by atoms with E-state index in [2.05, 4.69) is 10.6 Å². The van der Waals surface area contributed by atoms with Gasteiger partial charge in [0.25, 0.3) is 11.8 Å². The Bertz CT molecular complexity index is 1240. The SMILES string of the molecule is Cc1cc(C(=O)COC(=O)c2ccc3c(c2)C(=O)N(C)C3=O)c(C)n1CCc1cccs1. The van der Waals surface area contributed by atoms with Crippen LogP contribution >= 0.6 is 11.3 Å². The number of imide groups is 1. The highest BCUT2D eigenvalue weighted by molar-refractivity contribution is 7.09. The number of Topliss-reactive ketones (excluding diaryl/α,β-unsaturated/α-hetero) is 1. The number of nitrogens with zero attached hydrogens (tertiary/aromatic N) is 2.